The van der Waals surface area contributed by atoms with Gasteiger partial charge < -0.3 is 4.74 Å². The molecular formula is C24H17BrNO3+. The van der Waals surface area contributed by atoms with Crippen molar-refractivity contribution in [3.05, 3.63) is 107 Å². The lowest BCUT2D eigenvalue weighted by Crippen LogP contribution is -2.44. The van der Waals surface area contributed by atoms with E-state index in [0.29, 0.717) is 17.0 Å². The van der Waals surface area contributed by atoms with E-state index in [1.807, 2.05) is 48.5 Å². The number of carbonyl (C=O) groups excluding carboxylic acids is 2. The van der Waals surface area contributed by atoms with Gasteiger partial charge in [-0.3, -0.25) is 4.79 Å². The zero-order valence-electron chi connectivity index (χ0n) is 15.4. The summed E-state index contributed by atoms with van der Waals surface area (Å²) < 4.78 is 8.15. The Morgan fingerprint density at radius 2 is 1.52 bits per heavy atom. The number of pyridine rings is 1. The molecule has 4 rings (SSSR count). The third kappa shape index (κ3) is 4.25. The Hall–Kier alpha value is -3.31. The van der Waals surface area contributed by atoms with Gasteiger partial charge in [0.1, 0.15) is 5.75 Å². The van der Waals surface area contributed by atoms with Crippen molar-refractivity contribution in [1.29, 1.82) is 0 Å². The van der Waals surface area contributed by atoms with E-state index >= 15 is 0 Å². The van der Waals surface area contributed by atoms with Gasteiger partial charge in [0, 0.05) is 16.1 Å². The number of hydrogen-bond acceptors (Lipinski definition) is 3. The number of Topliss-reactive ketones (excluding diaryl/α,β-unsaturated/α-hetero) is 1. The summed E-state index contributed by atoms with van der Waals surface area (Å²) in [7, 11) is 0. The molecule has 0 amide bonds. The molecule has 0 unspecified atom stereocenters. The standard InChI is InChI=1S/C24H17BrNO3/c25-19-10-12-20(13-11-19)29-24(28)23-21-9-5-4-6-17(21)14-15-26(23)16-22(27)18-7-2-1-3-8-18/h1-15H,16H2/q+1. The molecule has 0 saturated carbocycles. The smallest absolute Gasteiger partial charge is 0.409 e. The molecule has 0 spiro atoms. The molecule has 29 heavy (non-hydrogen) atoms. The zero-order chi connectivity index (χ0) is 20.2. The van der Waals surface area contributed by atoms with Crippen molar-refractivity contribution in [2.24, 2.45) is 0 Å². The van der Waals surface area contributed by atoms with Gasteiger partial charge in [-0.25, -0.2) is 4.79 Å². The molecule has 0 aliphatic heterocycles. The van der Waals surface area contributed by atoms with Crippen LogP contribution in [0, 0.1) is 0 Å². The second-order valence-electron chi connectivity index (χ2n) is 6.51. The van der Waals surface area contributed by atoms with Crippen LogP contribution in [0.25, 0.3) is 10.8 Å². The number of nitrogens with zero attached hydrogens (tertiary/aromatic N) is 1. The maximum absolute atomic E-state index is 13.1. The Balaban J connectivity index is 1.73. The molecule has 0 bridgehead atoms. The van der Waals surface area contributed by atoms with Gasteiger partial charge in [0.2, 0.25) is 12.3 Å². The molecule has 3 aromatic carbocycles. The number of benzene rings is 3. The highest BCUT2D eigenvalue weighted by atomic mass is 79.9. The molecule has 0 aliphatic rings. The number of aromatic nitrogens is 1. The third-order valence-corrected chi connectivity index (χ3v) is 5.09. The summed E-state index contributed by atoms with van der Waals surface area (Å²) in [4.78, 5) is 25.8. The van der Waals surface area contributed by atoms with Crippen molar-refractivity contribution >= 4 is 38.5 Å². The molecular weight excluding hydrogens is 430 g/mol. The van der Waals surface area contributed by atoms with E-state index in [2.05, 4.69) is 15.9 Å². The van der Waals surface area contributed by atoms with Crippen LogP contribution >= 0.6 is 15.9 Å². The minimum Gasteiger partial charge on any atom is -0.419 e. The molecule has 4 nitrogen and oxygen atoms in total. The first kappa shape index (κ1) is 19.0. The Kier molecular flexibility index (Phi) is 5.49. The van der Waals surface area contributed by atoms with E-state index in [1.165, 1.54) is 0 Å². The first-order valence-electron chi connectivity index (χ1n) is 9.09. The Labute approximate surface area is 176 Å². The van der Waals surface area contributed by atoms with E-state index in [-0.39, 0.29) is 12.3 Å². The fourth-order valence-electron chi connectivity index (χ4n) is 3.14. The van der Waals surface area contributed by atoms with E-state index in [1.54, 1.807) is 47.2 Å². The van der Waals surface area contributed by atoms with Crippen LogP contribution in [-0.4, -0.2) is 11.8 Å². The molecule has 1 aromatic heterocycles. The zero-order valence-corrected chi connectivity index (χ0v) is 17.0. The second kappa shape index (κ2) is 8.37. The third-order valence-electron chi connectivity index (χ3n) is 4.56. The van der Waals surface area contributed by atoms with Gasteiger partial charge in [-0.15, -0.1) is 0 Å². The predicted octanol–water partition coefficient (Wildman–Crippen LogP) is 4.99. The van der Waals surface area contributed by atoms with E-state index in [4.69, 9.17) is 4.74 Å². The molecule has 142 valence electrons. The van der Waals surface area contributed by atoms with Crippen LogP contribution in [0.4, 0.5) is 0 Å². The largest absolute Gasteiger partial charge is 0.419 e. The summed E-state index contributed by atoms with van der Waals surface area (Å²) >= 11 is 3.37. The van der Waals surface area contributed by atoms with Crippen LogP contribution in [0.15, 0.2) is 95.6 Å². The van der Waals surface area contributed by atoms with Crippen LogP contribution in [0.5, 0.6) is 5.75 Å². The number of ketones is 1. The Morgan fingerprint density at radius 1 is 0.828 bits per heavy atom. The quantitative estimate of drug-likeness (QED) is 0.187. The highest BCUT2D eigenvalue weighted by molar-refractivity contribution is 9.10. The lowest BCUT2D eigenvalue weighted by Gasteiger charge is -2.08. The summed E-state index contributed by atoms with van der Waals surface area (Å²) in [6.07, 6.45) is 1.75. The van der Waals surface area contributed by atoms with Gasteiger partial charge in [0.15, 0.2) is 6.20 Å². The topological polar surface area (TPSA) is 47.2 Å². The highest BCUT2D eigenvalue weighted by Gasteiger charge is 2.27. The number of ether oxygens (including phenoxy) is 1. The minimum absolute atomic E-state index is 0.0413. The van der Waals surface area contributed by atoms with Crippen molar-refractivity contribution in [3.63, 3.8) is 0 Å². The molecule has 4 aromatic rings. The molecule has 1 heterocycles. The minimum atomic E-state index is -0.509. The van der Waals surface area contributed by atoms with Gasteiger partial charge in [-0.1, -0.05) is 64.5 Å². The Bertz CT molecular complexity index is 1190. The molecule has 0 atom stereocenters. The first-order valence-corrected chi connectivity index (χ1v) is 9.88. The summed E-state index contributed by atoms with van der Waals surface area (Å²) in [6, 6.07) is 25.5. The van der Waals surface area contributed by atoms with Crippen LogP contribution in [0.2, 0.25) is 0 Å². The van der Waals surface area contributed by atoms with Crippen LogP contribution in [-0.2, 0) is 6.54 Å². The fraction of sp³-hybridized carbons (Fsp3) is 0.0417. The van der Waals surface area contributed by atoms with Crippen molar-refractivity contribution in [2.75, 3.05) is 0 Å². The maximum atomic E-state index is 13.1. The summed E-state index contributed by atoms with van der Waals surface area (Å²) in [5.41, 5.74) is 0.940. The fourth-order valence-corrected chi connectivity index (χ4v) is 3.41. The lowest BCUT2D eigenvalue weighted by molar-refractivity contribution is -0.684. The highest BCUT2D eigenvalue weighted by Crippen LogP contribution is 2.20. The lowest BCUT2D eigenvalue weighted by atomic mass is 10.1. The van der Waals surface area contributed by atoms with Crippen LogP contribution in [0.1, 0.15) is 20.8 Å². The number of carbonyl (C=O) groups is 2. The van der Waals surface area contributed by atoms with E-state index in [9.17, 15) is 9.59 Å². The summed E-state index contributed by atoms with van der Waals surface area (Å²) in [5, 5.41) is 1.64. The molecule has 0 N–H and O–H groups in total. The van der Waals surface area contributed by atoms with Gasteiger partial charge in [0.05, 0.1) is 5.39 Å². The normalized spacial score (nSPS) is 10.7. The average Bonchev–Trinajstić information content (AvgIpc) is 2.75. The first-order chi connectivity index (χ1) is 14.1. The second-order valence-corrected chi connectivity index (χ2v) is 7.43. The van der Waals surface area contributed by atoms with Crippen LogP contribution in [0.3, 0.4) is 0 Å². The van der Waals surface area contributed by atoms with Gasteiger partial charge in [0.25, 0.3) is 5.69 Å². The summed E-state index contributed by atoms with van der Waals surface area (Å²) in [6.45, 7) is 0.0413. The van der Waals surface area contributed by atoms with Gasteiger partial charge >= 0.3 is 5.97 Å². The van der Waals surface area contributed by atoms with E-state index < -0.39 is 5.97 Å². The molecule has 0 saturated heterocycles. The van der Waals surface area contributed by atoms with E-state index in [0.717, 1.165) is 15.2 Å². The van der Waals surface area contributed by atoms with Gasteiger partial charge in [-0.05, 0) is 35.7 Å². The van der Waals surface area contributed by atoms with Crippen molar-refractivity contribution < 1.29 is 18.9 Å². The predicted molar refractivity (Wildman–Crippen MR) is 114 cm³/mol. The number of halogens is 1. The molecule has 0 aliphatic carbocycles. The van der Waals surface area contributed by atoms with Crippen molar-refractivity contribution in [2.45, 2.75) is 6.54 Å². The molecule has 0 fully saturated rings. The Morgan fingerprint density at radius 3 is 2.28 bits per heavy atom. The van der Waals surface area contributed by atoms with Crippen LogP contribution < -0.4 is 9.30 Å². The maximum Gasteiger partial charge on any atom is 0.409 e. The van der Waals surface area contributed by atoms with Crippen molar-refractivity contribution in [3.8, 4) is 5.75 Å². The number of rotatable bonds is 5. The van der Waals surface area contributed by atoms with Gasteiger partial charge in [-0.2, -0.15) is 4.57 Å². The number of esters is 1. The number of fused-ring (bicyclic) bond motifs is 1. The van der Waals surface area contributed by atoms with Crippen molar-refractivity contribution in [1.82, 2.24) is 0 Å². The number of hydrogen-bond donors (Lipinski definition) is 0. The monoisotopic (exact) mass is 446 g/mol. The SMILES string of the molecule is O=C(C[n+]1ccc2ccccc2c1C(=O)Oc1ccc(Br)cc1)c1ccccc1. The molecule has 0 radical (unpaired) electrons. The average molecular weight is 447 g/mol. The summed E-state index contributed by atoms with van der Waals surface area (Å²) in [5.74, 6) is -0.152. The molecule has 5 heteroatoms.